The Morgan fingerprint density at radius 2 is 2.27 bits per heavy atom. The number of hydrogen-bond acceptors (Lipinski definition) is 2. The smallest absolute Gasteiger partial charge is 0.102 e. The summed E-state index contributed by atoms with van der Waals surface area (Å²) in [6.45, 7) is 0. The predicted octanol–water partition coefficient (Wildman–Crippen LogP) is 1.57. The summed E-state index contributed by atoms with van der Waals surface area (Å²) in [5.74, 6) is 0. The van der Waals surface area contributed by atoms with E-state index in [0.29, 0.717) is 0 Å². The summed E-state index contributed by atoms with van der Waals surface area (Å²) in [5.41, 5.74) is 1.07. The summed E-state index contributed by atoms with van der Waals surface area (Å²) in [7, 11) is 1.91. The molecule has 0 fully saturated rings. The van der Waals surface area contributed by atoms with Gasteiger partial charge in [0.1, 0.15) is 3.70 Å². The Bertz CT molecular complexity index is 393. The minimum Gasteiger partial charge on any atom is -0.266 e. The maximum atomic E-state index is 4.17. The van der Waals surface area contributed by atoms with Crippen molar-refractivity contribution in [3.63, 3.8) is 0 Å². The Morgan fingerprint density at radius 3 is 3.09 bits per heavy atom. The van der Waals surface area contributed by atoms with Crippen molar-refractivity contribution in [3.05, 3.63) is 22.2 Å². The van der Waals surface area contributed by atoms with Gasteiger partial charge >= 0.3 is 0 Å². The number of pyridine rings is 1. The average molecular weight is 259 g/mol. The van der Waals surface area contributed by atoms with Crippen molar-refractivity contribution in [1.29, 1.82) is 0 Å². The Morgan fingerprint density at radius 1 is 1.45 bits per heavy atom. The van der Waals surface area contributed by atoms with Crippen LogP contribution in [-0.2, 0) is 7.05 Å². The summed E-state index contributed by atoms with van der Waals surface area (Å²) < 4.78 is 2.82. The van der Waals surface area contributed by atoms with E-state index in [0.717, 1.165) is 14.6 Å². The molecular formula is C7H6IN3. The number of rotatable bonds is 0. The van der Waals surface area contributed by atoms with E-state index >= 15 is 0 Å². The molecule has 0 amide bonds. The van der Waals surface area contributed by atoms with E-state index in [4.69, 9.17) is 0 Å². The quantitative estimate of drug-likeness (QED) is 0.531. The molecule has 3 nitrogen and oxygen atoms in total. The normalized spacial score (nSPS) is 10.7. The molecule has 56 valence electrons. The third-order valence-electron chi connectivity index (χ3n) is 1.60. The van der Waals surface area contributed by atoms with Crippen molar-refractivity contribution in [2.45, 2.75) is 0 Å². The second-order valence-corrected chi connectivity index (χ2v) is 3.44. The summed E-state index contributed by atoms with van der Waals surface area (Å²) in [5, 5.41) is 5.26. The Labute approximate surface area is 77.6 Å². The van der Waals surface area contributed by atoms with Crippen LogP contribution >= 0.6 is 22.6 Å². The number of nitrogens with zero attached hydrogens (tertiary/aromatic N) is 3. The lowest BCUT2D eigenvalue weighted by atomic mass is 10.3. The SMILES string of the molecule is Cn1ncc2cc(I)ncc21. The van der Waals surface area contributed by atoms with Crippen LogP contribution in [0.5, 0.6) is 0 Å². The van der Waals surface area contributed by atoms with Crippen molar-refractivity contribution < 1.29 is 0 Å². The second kappa shape index (κ2) is 2.44. The van der Waals surface area contributed by atoms with Crippen molar-refractivity contribution >= 4 is 33.5 Å². The molecule has 0 aliphatic heterocycles. The minimum absolute atomic E-state index is 1.00. The Balaban J connectivity index is 2.86. The highest BCUT2D eigenvalue weighted by atomic mass is 127. The van der Waals surface area contributed by atoms with Crippen LogP contribution in [0.4, 0.5) is 0 Å². The largest absolute Gasteiger partial charge is 0.266 e. The van der Waals surface area contributed by atoms with Crippen molar-refractivity contribution in [2.24, 2.45) is 7.05 Å². The molecule has 0 saturated heterocycles. The van der Waals surface area contributed by atoms with Crippen LogP contribution in [0.15, 0.2) is 18.5 Å². The zero-order chi connectivity index (χ0) is 7.84. The van der Waals surface area contributed by atoms with Crippen LogP contribution in [0.2, 0.25) is 0 Å². The van der Waals surface area contributed by atoms with E-state index in [1.165, 1.54) is 0 Å². The second-order valence-electron chi connectivity index (χ2n) is 2.33. The summed E-state index contributed by atoms with van der Waals surface area (Å²) in [4.78, 5) is 4.17. The van der Waals surface area contributed by atoms with Crippen LogP contribution in [-0.4, -0.2) is 14.8 Å². The van der Waals surface area contributed by atoms with E-state index in [1.807, 2.05) is 30.2 Å². The molecule has 0 unspecified atom stereocenters. The summed E-state index contributed by atoms with van der Waals surface area (Å²) in [6.07, 6.45) is 3.68. The zero-order valence-electron chi connectivity index (χ0n) is 5.95. The van der Waals surface area contributed by atoms with Crippen LogP contribution < -0.4 is 0 Å². The fourth-order valence-electron chi connectivity index (χ4n) is 1.02. The molecule has 2 rings (SSSR count). The van der Waals surface area contributed by atoms with Gasteiger partial charge in [-0.15, -0.1) is 0 Å². The molecule has 0 aliphatic rings. The highest BCUT2D eigenvalue weighted by molar-refractivity contribution is 14.1. The topological polar surface area (TPSA) is 30.7 Å². The molecule has 0 bridgehead atoms. The lowest BCUT2D eigenvalue weighted by Gasteiger charge is -1.92. The van der Waals surface area contributed by atoms with Crippen LogP contribution in [0.25, 0.3) is 10.9 Å². The Kier molecular flexibility index (Phi) is 1.56. The predicted molar refractivity (Wildman–Crippen MR) is 51.2 cm³/mol. The third kappa shape index (κ3) is 1.11. The van der Waals surface area contributed by atoms with Gasteiger partial charge in [0.2, 0.25) is 0 Å². The lowest BCUT2D eigenvalue weighted by molar-refractivity contribution is 0.795. The fraction of sp³-hybridized carbons (Fsp3) is 0.143. The molecule has 0 spiro atoms. The molecule has 0 aromatic carbocycles. The molecule has 11 heavy (non-hydrogen) atoms. The summed E-state index contributed by atoms with van der Waals surface area (Å²) in [6, 6.07) is 2.02. The standard InChI is InChI=1S/C7H6IN3/c1-11-6-4-9-7(8)2-5(6)3-10-11/h2-4H,1H3. The molecule has 0 saturated carbocycles. The van der Waals surface area contributed by atoms with Gasteiger partial charge in [-0.1, -0.05) is 0 Å². The number of halogens is 1. The monoisotopic (exact) mass is 259 g/mol. The maximum absolute atomic E-state index is 4.17. The first kappa shape index (κ1) is 7.02. The van der Waals surface area contributed by atoms with Crippen LogP contribution in [0.1, 0.15) is 0 Å². The molecular weight excluding hydrogens is 253 g/mol. The first-order valence-electron chi connectivity index (χ1n) is 3.20. The van der Waals surface area contributed by atoms with E-state index in [-0.39, 0.29) is 0 Å². The number of hydrogen-bond donors (Lipinski definition) is 0. The number of aryl methyl sites for hydroxylation is 1. The molecule has 0 aliphatic carbocycles. The maximum Gasteiger partial charge on any atom is 0.102 e. The first-order chi connectivity index (χ1) is 5.27. The van der Waals surface area contributed by atoms with Crippen molar-refractivity contribution in [1.82, 2.24) is 14.8 Å². The number of fused-ring (bicyclic) bond motifs is 1. The highest BCUT2D eigenvalue weighted by Gasteiger charge is 1.98. The van der Waals surface area contributed by atoms with Gasteiger partial charge in [0.05, 0.1) is 17.9 Å². The molecule has 2 heterocycles. The van der Waals surface area contributed by atoms with Crippen molar-refractivity contribution in [2.75, 3.05) is 0 Å². The van der Waals surface area contributed by atoms with Crippen LogP contribution in [0.3, 0.4) is 0 Å². The van der Waals surface area contributed by atoms with E-state index in [9.17, 15) is 0 Å². The van der Waals surface area contributed by atoms with Gasteiger partial charge in [-0.3, -0.25) is 4.68 Å². The van der Waals surface area contributed by atoms with Gasteiger partial charge in [0, 0.05) is 12.4 Å². The van der Waals surface area contributed by atoms with Gasteiger partial charge in [-0.2, -0.15) is 5.10 Å². The molecule has 0 radical (unpaired) electrons. The molecule has 4 heteroatoms. The molecule has 2 aromatic rings. The van der Waals surface area contributed by atoms with E-state index in [2.05, 4.69) is 32.7 Å². The van der Waals surface area contributed by atoms with Gasteiger partial charge < -0.3 is 0 Å². The molecule has 2 aromatic heterocycles. The van der Waals surface area contributed by atoms with Crippen molar-refractivity contribution in [3.8, 4) is 0 Å². The zero-order valence-corrected chi connectivity index (χ0v) is 8.11. The number of aromatic nitrogens is 3. The highest BCUT2D eigenvalue weighted by Crippen LogP contribution is 2.12. The van der Waals surface area contributed by atoms with E-state index in [1.54, 1.807) is 0 Å². The summed E-state index contributed by atoms with van der Waals surface area (Å²) >= 11 is 2.19. The lowest BCUT2D eigenvalue weighted by Crippen LogP contribution is -1.89. The van der Waals surface area contributed by atoms with Gasteiger partial charge in [0.25, 0.3) is 0 Å². The average Bonchev–Trinajstić information content (AvgIpc) is 2.32. The van der Waals surface area contributed by atoms with Gasteiger partial charge in [-0.25, -0.2) is 4.98 Å². The van der Waals surface area contributed by atoms with E-state index < -0.39 is 0 Å². The van der Waals surface area contributed by atoms with Crippen LogP contribution in [0, 0.1) is 3.70 Å². The molecule has 0 N–H and O–H groups in total. The minimum atomic E-state index is 1.00. The first-order valence-corrected chi connectivity index (χ1v) is 4.28. The Hall–Kier alpha value is -0.650. The molecule has 0 atom stereocenters. The fourth-order valence-corrected chi connectivity index (χ4v) is 1.50. The third-order valence-corrected chi connectivity index (χ3v) is 2.19. The van der Waals surface area contributed by atoms with Gasteiger partial charge in [0.15, 0.2) is 0 Å². The van der Waals surface area contributed by atoms with Gasteiger partial charge in [-0.05, 0) is 28.7 Å².